The molecule has 0 bridgehead atoms. The Labute approximate surface area is 123 Å². The van der Waals surface area contributed by atoms with E-state index < -0.39 is 6.36 Å². The molecule has 0 amide bonds. The normalized spacial score (nSPS) is 19.5. The smallest absolute Gasteiger partial charge is 0.406 e. The predicted octanol–water partition coefficient (Wildman–Crippen LogP) is 4.81. The summed E-state index contributed by atoms with van der Waals surface area (Å²) in [6, 6.07) is 6.62. The molecular weight excluding hydrogens is 279 g/mol. The van der Waals surface area contributed by atoms with Crippen LogP contribution in [0.25, 0.3) is 0 Å². The molecule has 1 N–H and O–H groups in total. The average molecular weight is 301 g/mol. The summed E-state index contributed by atoms with van der Waals surface area (Å²) in [6.07, 6.45) is 0.490. The van der Waals surface area contributed by atoms with E-state index in [-0.39, 0.29) is 11.8 Å². The molecule has 1 aliphatic rings. The fourth-order valence-corrected chi connectivity index (χ4v) is 3.04. The number of rotatable bonds is 5. The van der Waals surface area contributed by atoms with Crippen LogP contribution in [0.1, 0.15) is 51.1 Å². The van der Waals surface area contributed by atoms with Crippen molar-refractivity contribution in [2.45, 2.75) is 58.0 Å². The van der Waals surface area contributed by atoms with Crippen molar-refractivity contribution in [1.82, 2.24) is 5.32 Å². The zero-order valence-electron chi connectivity index (χ0n) is 12.4. The number of benzene rings is 1. The van der Waals surface area contributed by atoms with Gasteiger partial charge in [0.2, 0.25) is 0 Å². The van der Waals surface area contributed by atoms with Crippen molar-refractivity contribution in [3.8, 4) is 5.75 Å². The molecule has 1 aliphatic carbocycles. The lowest BCUT2D eigenvalue weighted by molar-refractivity contribution is -0.274. The molecule has 2 rings (SSSR count). The van der Waals surface area contributed by atoms with Crippen LogP contribution < -0.4 is 10.1 Å². The van der Waals surface area contributed by atoms with Gasteiger partial charge in [-0.3, -0.25) is 0 Å². The van der Waals surface area contributed by atoms with Gasteiger partial charge >= 0.3 is 6.36 Å². The maximum Gasteiger partial charge on any atom is 0.573 e. The van der Waals surface area contributed by atoms with Crippen molar-refractivity contribution in [2.24, 2.45) is 5.92 Å². The summed E-state index contributed by atoms with van der Waals surface area (Å²) in [5.74, 6) is 0.530. The Kier molecular flexibility index (Phi) is 5.14. The number of ether oxygens (including phenoxy) is 1. The summed E-state index contributed by atoms with van der Waals surface area (Å²) in [5.41, 5.74) is 0.967. The molecule has 2 nitrogen and oxygen atoms in total. The lowest BCUT2D eigenvalue weighted by Gasteiger charge is -2.25. The number of hydrogen-bond donors (Lipinski definition) is 1. The molecule has 118 valence electrons. The topological polar surface area (TPSA) is 21.3 Å². The summed E-state index contributed by atoms with van der Waals surface area (Å²) in [7, 11) is 0. The minimum Gasteiger partial charge on any atom is -0.406 e. The fourth-order valence-electron chi connectivity index (χ4n) is 3.04. The van der Waals surface area contributed by atoms with Crippen molar-refractivity contribution >= 4 is 0 Å². The van der Waals surface area contributed by atoms with Crippen LogP contribution >= 0.6 is 0 Å². The summed E-state index contributed by atoms with van der Waals surface area (Å²) >= 11 is 0. The van der Waals surface area contributed by atoms with Gasteiger partial charge in [-0.25, -0.2) is 0 Å². The first-order valence-corrected chi connectivity index (χ1v) is 7.47. The van der Waals surface area contributed by atoms with E-state index in [1.54, 1.807) is 12.1 Å². The second-order valence-corrected chi connectivity index (χ2v) is 5.84. The van der Waals surface area contributed by atoms with Crippen molar-refractivity contribution in [1.29, 1.82) is 0 Å². The monoisotopic (exact) mass is 301 g/mol. The Bertz CT molecular complexity index is 438. The van der Waals surface area contributed by atoms with Gasteiger partial charge in [-0.2, -0.15) is 0 Å². The van der Waals surface area contributed by atoms with Gasteiger partial charge in [-0.05, 0) is 50.3 Å². The SMILES string of the molecule is CC(NC(C)C1CCCC1)c1ccc(OC(F)(F)F)cc1. The van der Waals surface area contributed by atoms with E-state index in [1.807, 2.05) is 6.92 Å². The minimum absolute atomic E-state index is 0.112. The van der Waals surface area contributed by atoms with Gasteiger partial charge in [-0.15, -0.1) is 13.2 Å². The molecule has 21 heavy (non-hydrogen) atoms. The Morgan fingerprint density at radius 3 is 2.19 bits per heavy atom. The van der Waals surface area contributed by atoms with Gasteiger partial charge in [0.15, 0.2) is 0 Å². The Morgan fingerprint density at radius 2 is 1.67 bits per heavy atom. The van der Waals surface area contributed by atoms with Crippen LogP contribution in [0.5, 0.6) is 5.75 Å². The largest absolute Gasteiger partial charge is 0.573 e. The summed E-state index contributed by atoms with van der Waals surface area (Å²) in [5, 5.41) is 3.54. The van der Waals surface area contributed by atoms with Crippen molar-refractivity contribution in [3.63, 3.8) is 0 Å². The van der Waals surface area contributed by atoms with Gasteiger partial charge < -0.3 is 10.1 Å². The molecule has 0 heterocycles. The van der Waals surface area contributed by atoms with Crippen LogP contribution in [0, 0.1) is 5.92 Å². The fraction of sp³-hybridized carbons (Fsp3) is 0.625. The van der Waals surface area contributed by atoms with E-state index >= 15 is 0 Å². The Hall–Kier alpha value is -1.23. The first-order chi connectivity index (χ1) is 9.85. The van der Waals surface area contributed by atoms with Gasteiger partial charge in [0.05, 0.1) is 0 Å². The average Bonchev–Trinajstić information content (AvgIpc) is 2.91. The molecular formula is C16H22F3NO. The van der Waals surface area contributed by atoms with Crippen molar-refractivity contribution < 1.29 is 17.9 Å². The third kappa shape index (κ3) is 4.92. The first kappa shape index (κ1) is 16.1. The Balaban J connectivity index is 1.91. The molecule has 0 aliphatic heterocycles. The number of halogens is 3. The lowest BCUT2D eigenvalue weighted by atomic mass is 9.98. The minimum atomic E-state index is -4.64. The highest BCUT2D eigenvalue weighted by Gasteiger charge is 2.31. The third-order valence-corrected chi connectivity index (χ3v) is 4.23. The van der Waals surface area contributed by atoms with Crippen LogP contribution in [0.3, 0.4) is 0 Å². The first-order valence-electron chi connectivity index (χ1n) is 7.47. The van der Waals surface area contributed by atoms with Gasteiger partial charge in [0, 0.05) is 12.1 Å². The standard InChI is InChI=1S/C16H22F3NO/c1-11(13-5-3-4-6-13)20-12(2)14-7-9-15(10-8-14)21-16(17,18)19/h7-13,20H,3-6H2,1-2H3. The number of hydrogen-bond acceptors (Lipinski definition) is 2. The van der Waals surface area contributed by atoms with Crippen LogP contribution in [0.4, 0.5) is 13.2 Å². The predicted molar refractivity (Wildman–Crippen MR) is 76.1 cm³/mol. The molecule has 0 aromatic heterocycles. The lowest BCUT2D eigenvalue weighted by Crippen LogP contribution is -2.34. The molecule has 1 fully saturated rings. The van der Waals surface area contributed by atoms with Gasteiger partial charge in [0.25, 0.3) is 0 Å². The summed E-state index contributed by atoms with van der Waals surface area (Å²) in [4.78, 5) is 0. The van der Waals surface area contributed by atoms with E-state index in [1.165, 1.54) is 37.8 Å². The molecule has 1 aromatic rings. The third-order valence-electron chi connectivity index (χ3n) is 4.23. The second kappa shape index (κ2) is 6.69. The maximum atomic E-state index is 12.1. The van der Waals surface area contributed by atoms with E-state index in [0.29, 0.717) is 12.0 Å². The highest BCUT2D eigenvalue weighted by molar-refractivity contribution is 5.29. The highest BCUT2D eigenvalue weighted by Crippen LogP contribution is 2.29. The summed E-state index contributed by atoms with van der Waals surface area (Å²) < 4.78 is 40.2. The summed E-state index contributed by atoms with van der Waals surface area (Å²) in [6.45, 7) is 4.22. The van der Waals surface area contributed by atoms with Gasteiger partial charge in [-0.1, -0.05) is 25.0 Å². The molecule has 0 spiro atoms. The van der Waals surface area contributed by atoms with E-state index in [0.717, 1.165) is 5.56 Å². The molecule has 1 saturated carbocycles. The molecule has 1 aromatic carbocycles. The van der Waals surface area contributed by atoms with E-state index in [9.17, 15) is 13.2 Å². The quantitative estimate of drug-likeness (QED) is 0.842. The van der Waals surface area contributed by atoms with Crippen LogP contribution in [-0.4, -0.2) is 12.4 Å². The zero-order valence-corrected chi connectivity index (χ0v) is 12.4. The number of nitrogens with one attached hydrogen (secondary N) is 1. The molecule has 0 saturated heterocycles. The van der Waals surface area contributed by atoms with Crippen molar-refractivity contribution in [3.05, 3.63) is 29.8 Å². The number of alkyl halides is 3. The van der Waals surface area contributed by atoms with E-state index in [4.69, 9.17) is 0 Å². The second-order valence-electron chi connectivity index (χ2n) is 5.84. The molecule has 5 heteroatoms. The van der Waals surface area contributed by atoms with Gasteiger partial charge in [0.1, 0.15) is 5.75 Å². The van der Waals surface area contributed by atoms with Crippen LogP contribution in [0.2, 0.25) is 0 Å². The highest BCUT2D eigenvalue weighted by atomic mass is 19.4. The van der Waals surface area contributed by atoms with Crippen LogP contribution in [0.15, 0.2) is 24.3 Å². The Morgan fingerprint density at radius 1 is 1.10 bits per heavy atom. The zero-order chi connectivity index (χ0) is 15.5. The molecule has 2 unspecified atom stereocenters. The van der Waals surface area contributed by atoms with Crippen molar-refractivity contribution in [2.75, 3.05) is 0 Å². The van der Waals surface area contributed by atoms with Crippen LogP contribution in [-0.2, 0) is 0 Å². The molecule has 0 radical (unpaired) electrons. The maximum absolute atomic E-state index is 12.1. The molecule has 2 atom stereocenters. The van der Waals surface area contributed by atoms with E-state index in [2.05, 4.69) is 17.0 Å².